The monoisotopic (exact) mass is 811 g/mol. The normalized spacial score (nSPS) is 14.4. The van der Waals surface area contributed by atoms with Crippen molar-refractivity contribution in [3.05, 3.63) is 180 Å². The van der Waals surface area contributed by atoms with Gasteiger partial charge >= 0.3 is 0 Å². The van der Waals surface area contributed by atoms with Gasteiger partial charge in [0.2, 0.25) is 6.71 Å². The molecule has 0 saturated carbocycles. The third kappa shape index (κ3) is 4.87. The van der Waals surface area contributed by atoms with Crippen molar-refractivity contribution >= 4 is 88.5 Å². The molecule has 0 unspecified atom stereocenters. The molecular formula is C59H50BN3. The van der Waals surface area contributed by atoms with Gasteiger partial charge in [0.25, 0.3) is 0 Å². The third-order valence-corrected chi connectivity index (χ3v) is 15.0. The van der Waals surface area contributed by atoms with Gasteiger partial charge in [-0.15, -0.1) is 0 Å². The molecule has 0 saturated heterocycles. The van der Waals surface area contributed by atoms with Crippen molar-refractivity contribution in [1.82, 2.24) is 13.7 Å². The summed E-state index contributed by atoms with van der Waals surface area (Å²) in [6.45, 7) is 19.1. The first-order valence-electron chi connectivity index (χ1n) is 22.7. The van der Waals surface area contributed by atoms with Crippen LogP contribution in [0, 0.1) is 0 Å². The van der Waals surface area contributed by atoms with Crippen molar-refractivity contribution < 1.29 is 0 Å². The SMILES string of the molecule is CC(C)(C)c1ccc2c(c1)c1cc(C(C)(C)C)cc3c1n2-c1cccc2c1B3c1cc3c4cc(-n5c6ccccc6c6ccccc65)ccc4n(-c4ccccc4)c3cc1C2(C)C. The van der Waals surface area contributed by atoms with E-state index in [-0.39, 0.29) is 23.0 Å². The Hall–Kier alpha value is -6.78. The predicted octanol–water partition coefficient (Wildman–Crippen LogP) is 13.0. The Kier molecular flexibility index (Phi) is 7.15. The van der Waals surface area contributed by atoms with Crippen LogP contribution in [0.2, 0.25) is 0 Å². The van der Waals surface area contributed by atoms with Crippen molar-refractivity contribution in [2.24, 2.45) is 0 Å². The summed E-state index contributed by atoms with van der Waals surface area (Å²) in [7, 11) is 0. The van der Waals surface area contributed by atoms with Crippen LogP contribution >= 0.6 is 0 Å². The van der Waals surface area contributed by atoms with Crippen LogP contribution in [-0.2, 0) is 16.2 Å². The van der Waals surface area contributed by atoms with Crippen molar-refractivity contribution in [3.63, 3.8) is 0 Å². The predicted molar refractivity (Wildman–Crippen MR) is 270 cm³/mol. The number of hydrogen-bond acceptors (Lipinski definition) is 0. The molecule has 0 bridgehead atoms. The molecule has 2 aliphatic heterocycles. The zero-order valence-electron chi connectivity index (χ0n) is 37.4. The van der Waals surface area contributed by atoms with Gasteiger partial charge in [0.05, 0.1) is 27.6 Å². The molecule has 0 spiro atoms. The Balaban J connectivity index is 1.16. The van der Waals surface area contributed by atoms with Crippen molar-refractivity contribution in [2.45, 2.75) is 71.6 Å². The maximum absolute atomic E-state index is 2.62. The van der Waals surface area contributed by atoms with Gasteiger partial charge in [0.1, 0.15) is 0 Å². The lowest BCUT2D eigenvalue weighted by Gasteiger charge is -2.42. The molecule has 3 nitrogen and oxygen atoms in total. The Morgan fingerprint density at radius 3 is 1.70 bits per heavy atom. The molecule has 304 valence electrons. The van der Waals surface area contributed by atoms with E-state index in [0.717, 1.165) is 0 Å². The van der Waals surface area contributed by atoms with Crippen LogP contribution in [0.3, 0.4) is 0 Å². The van der Waals surface area contributed by atoms with E-state index < -0.39 is 0 Å². The van der Waals surface area contributed by atoms with Crippen LogP contribution in [0.5, 0.6) is 0 Å². The summed E-state index contributed by atoms with van der Waals surface area (Å²) in [4.78, 5) is 0. The minimum Gasteiger partial charge on any atom is -0.310 e. The van der Waals surface area contributed by atoms with E-state index in [1.807, 2.05) is 0 Å². The molecule has 2 aliphatic rings. The molecule has 8 aromatic carbocycles. The Morgan fingerprint density at radius 2 is 0.984 bits per heavy atom. The van der Waals surface area contributed by atoms with Gasteiger partial charge < -0.3 is 13.7 Å². The highest BCUT2D eigenvalue weighted by atomic mass is 15.0. The van der Waals surface area contributed by atoms with Crippen LogP contribution in [0.15, 0.2) is 158 Å². The van der Waals surface area contributed by atoms with Gasteiger partial charge in [-0.1, -0.05) is 146 Å². The second kappa shape index (κ2) is 12.2. The van der Waals surface area contributed by atoms with Crippen LogP contribution in [0.25, 0.3) is 82.5 Å². The van der Waals surface area contributed by atoms with E-state index >= 15 is 0 Å². The summed E-state index contributed by atoms with van der Waals surface area (Å²) in [6.07, 6.45) is 0. The van der Waals surface area contributed by atoms with Crippen LogP contribution in [-0.4, -0.2) is 20.4 Å². The maximum Gasteiger partial charge on any atom is 0.247 e. The summed E-state index contributed by atoms with van der Waals surface area (Å²) in [6, 6.07) is 60.4. The first-order valence-corrected chi connectivity index (χ1v) is 22.7. The Morgan fingerprint density at radius 1 is 0.397 bits per heavy atom. The number of rotatable bonds is 2. The first kappa shape index (κ1) is 36.8. The molecule has 0 fully saturated rings. The molecule has 4 heteroatoms. The fourth-order valence-corrected chi connectivity index (χ4v) is 11.8. The highest BCUT2D eigenvalue weighted by Gasteiger charge is 2.46. The van der Waals surface area contributed by atoms with Gasteiger partial charge in [-0.05, 0) is 117 Å². The fraction of sp³-hybridized carbons (Fsp3) is 0.186. The second-order valence-electron chi connectivity index (χ2n) is 21.0. The number of fused-ring (bicyclic) bond motifs is 13. The molecule has 5 heterocycles. The van der Waals surface area contributed by atoms with Crippen molar-refractivity contribution in [3.8, 4) is 17.1 Å². The lowest BCUT2D eigenvalue weighted by atomic mass is 9.30. The third-order valence-electron chi connectivity index (χ3n) is 15.0. The topological polar surface area (TPSA) is 14.8 Å². The van der Waals surface area contributed by atoms with E-state index in [1.54, 1.807) is 0 Å². The molecule has 0 radical (unpaired) electrons. The van der Waals surface area contributed by atoms with Gasteiger partial charge in [-0.3, -0.25) is 0 Å². The molecule has 63 heavy (non-hydrogen) atoms. The Bertz CT molecular complexity index is 3730. The molecule has 0 amide bonds. The van der Waals surface area contributed by atoms with Crippen LogP contribution in [0.4, 0.5) is 0 Å². The standard InChI is InChI=1S/C59H50BN3/c1-57(2,3)35-25-27-52-41(29-35)44-30-36(58(4,5)6)31-48-56(44)63(52)53-24-16-21-45-55(53)60(48)47-33-43-42-32-38(62-49-22-14-12-19-39(49)40-20-13-15-23-50(40)62)26-28-51(42)61(37-17-10-9-11-18-37)54(43)34-46(47)59(45,7)8/h9-34H,1-8H3. The highest BCUT2D eigenvalue weighted by Crippen LogP contribution is 2.44. The van der Waals surface area contributed by atoms with Crippen molar-refractivity contribution in [2.75, 3.05) is 0 Å². The van der Waals surface area contributed by atoms with Gasteiger partial charge in [0.15, 0.2) is 0 Å². The zero-order chi connectivity index (χ0) is 42.9. The number of benzene rings is 8. The molecule has 11 aromatic rings. The summed E-state index contributed by atoms with van der Waals surface area (Å²) in [5.74, 6) is 0. The Labute approximate surface area is 369 Å². The quantitative estimate of drug-likeness (QED) is 0.155. The fourth-order valence-electron chi connectivity index (χ4n) is 11.8. The van der Waals surface area contributed by atoms with E-state index in [9.17, 15) is 0 Å². The second-order valence-corrected chi connectivity index (χ2v) is 21.0. The number of nitrogens with zero attached hydrogens (tertiary/aromatic N) is 3. The average molecular weight is 812 g/mol. The van der Waals surface area contributed by atoms with E-state index in [0.29, 0.717) is 0 Å². The summed E-state index contributed by atoms with van der Waals surface area (Å²) in [5, 5.41) is 7.81. The largest absolute Gasteiger partial charge is 0.310 e. The van der Waals surface area contributed by atoms with Gasteiger partial charge in [-0.2, -0.15) is 0 Å². The summed E-state index contributed by atoms with van der Waals surface area (Å²) >= 11 is 0. The van der Waals surface area contributed by atoms with Crippen LogP contribution < -0.4 is 16.4 Å². The van der Waals surface area contributed by atoms with Gasteiger partial charge in [0, 0.05) is 60.3 Å². The minimum atomic E-state index is -0.252. The molecule has 0 aliphatic carbocycles. The lowest BCUT2D eigenvalue weighted by Crippen LogP contribution is -2.63. The average Bonchev–Trinajstić information content (AvgIpc) is 3.91. The smallest absolute Gasteiger partial charge is 0.247 e. The molecule has 3 aromatic heterocycles. The lowest BCUT2D eigenvalue weighted by molar-refractivity contribution is 0.590. The molecule has 0 atom stereocenters. The summed E-state index contributed by atoms with van der Waals surface area (Å²) in [5.41, 5.74) is 20.8. The van der Waals surface area contributed by atoms with Crippen molar-refractivity contribution in [1.29, 1.82) is 0 Å². The molecule has 0 N–H and O–H groups in total. The first-order chi connectivity index (χ1) is 30.3. The molecule has 13 rings (SSSR count). The minimum absolute atomic E-state index is 0.0341. The zero-order valence-corrected chi connectivity index (χ0v) is 37.4. The molecular weight excluding hydrogens is 761 g/mol. The maximum atomic E-state index is 2.62. The van der Waals surface area contributed by atoms with E-state index in [1.165, 1.54) is 121 Å². The summed E-state index contributed by atoms with van der Waals surface area (Å²) < 4.78 is 7.58. The number of hydrogen-bond donors (Lipinski definition) is 0. The highest BCUT2D eigenvalue weighted by molar-refractivity contribution is 6.99. The van der Waals surface area contributed by atoms with Crippen LogP contribution in [0.1, 0.15) is 77.6 Å². The van der Waals surface area contributed by atoms with E-state index in [4.69, 9.17) is 0 Å². The van der Waals surface area contributed by atoms with E-state index in [2.05, 4.69) is 227 Å². The number of para-hydroxylation sites is 3. The number of aromatic nitrogens is 3. The van der Waals surface area contributed by atoms with Gasteiger partial charge in [-0.25, -0.2) is 0 Å².